The highest BCUT2D eigenvalue weighted by Crippen LogP contribution is 2.39. The lowest BCUT2D eigenvalue weighted by atomic mass is 9.97. The van der Waals surface area contributed by atoms with Gasteiger partial charge in [-0.1, -0.05) is 55.6 Å². The maximum Gasteiger partial charge on any atom is 0.432 e. The summed E-state index contributed by atoms with van der Waals surface area (Å²) in [4.78, 5) is 8.62. The first-order valence-corrected chi connectivity index (χ1v) is 14.4. The minimum absolute atomic E-state index is 0.0185. The third-order valence-electron chi connectivity index (χ3n) is 7.13. The number of unbranched alkanes of at least 4 members (excludes halogenated alkanes) is 2. The number of alkyl halides is 2. The number of halogens is 9. The van der Waals surface area contributed by atoms with Crippen LogP contribution in [-0.4, -0.2) is 9.97 Å². The molecule has 0 saturated carbocycles. The van der Waals surface area contributed by atoms with Crippen LogP contribution in [0.1, 0.15) is 37.3 Å². The number of aryl methyl sites for hydroxylation is 1. The average Bonchev–Trinajstić information content (AvgIpc) is 2.99. The van der Waals surface area contributed by atoms with Crippen LogP contribution in [0.25, 0.3) is 33.6 Å². The molecule has 3 nitrogen and oxygen atoms in total. The minimum atomic E-state index is -4.73. The van der Waals surface area contributed by atoms with Gasteiger partial charge in [0.2, 0.25) is 0 Å². The maximum atomic E-state index is 15.2. The second-order valence-corrected chi connectivity index (χ2v) is 10.8. The van der Waals surface area contributed by atoms with E-state index >= 15 is 8.78 Å². The number of nitrogens with zero attached hydrogens (tertiary/aromatic N) is 2. The summed E-state index contributed by atoms with van der Waals surface area (Å²) in [5, 5.41) is -0.988. The van der Waals surface area contributed by atoms with E-state index in [1.165, 1.54) is 18.2 Å². The standard InChI is InChI=1S/C34H23ClF8N2O/c1-2-3-4-5-18-16-44-33(45-17-18)20-7-9-23(26(37)11-20)19-6-8-24(25(36)10-19)21-12-27(38)31(28(39)13-21)34(42,43)46-22-14-29(40)32(35)30(41)15-22/h6-17H,2-5H2,1H3. The van der Waals surface area contributed by atoms with Gasteiger partial charge in [0, 0.05) is 41.2 Å². The van der Waals surface area contributed by atoms with Gasteiger partial charge in [-0.15, -0.1) is 0 Å². The van der Waals surface area contributed by atoms with E-state index in [1.807, 2.05) is 0 Å². The summed E-state index contributed by atoms with van der Waals surface area (Å²) < 4.78 is 121. The molecule has 0 saturated heterocycles. The van der Waals surface area contributed by atoms with Gasteiger partial charge in [0.1, 0.15) is 51.2 Å². The Bertz CT molecular complexity index is 1850. The average molecular weight is 663 g/mol. The molecule has 0 aliphatic rings. The van der Waals surface area contributed by atoms with Crippen molar-refractivity contribution >= 4 is 11.6 Å². The number of rotatable bonds is 10. The fourth-order valence-electron chi connectivity index (χ4n) is 4.81. The number of aromatic nitrogens is 2. The molecule has 0 bridgehead atoms. The molecule has 0 fully saturated rings. The Morgan fingerprint density at radius 1 is 0.652 bits per heavy atom. The fraction of sp³-hybridized carbons (Fsp3) is 0.176. The van der Waals surface area contributed by atoms with Gasteiger partial charge in [0.15, 0.2) is 5.82 Å². The van der Waals surface area contributed by atoms with Crippen molar-refractivity contribution < 1.29 is 39.9 Å². The van der Waals surface area contributed by atoms with Crippen LogP contribution in [0.15, 0.2) is 73.1 Å². The van der Waals surface area contributed by atoms with Crippen LogP contribution in [0.3, 0.4) is 0 Å². The van der Waals surface area contributed by atoms with E-state index in [0.29, 0.717) is 35.7 Å². The van der Waals surface area contributed by atoms with E-state index in [9.17, 15) is 26.3 Å². The van der Waals surface area contributed by atoms with Crippen LogP contribution in [0.2, 0.25) is 5.02 Å². The Hall–Kier alpha value is -4.51. The predicted octanol–water partition coefficient (Wildman–Crippen LogP) is 10.8. The van der Waals surface area contributed by atoms with Crippen molar-refractivity contribution in [3.05, 3.63) is 124 Å². The SMILES string of the molecule is CCCCCc1cnc(-c2ccc(-c3ccc(-c4cc(F)c(C(F)(F)Oc5cc(F)c(Cl)c(F)c5)c(F)c4)c(F)c3)c(F)c2)nc1. The normalized spacial score (nSPS) is 11.6. The van der Waals surface area contributed by atoms with Crippen LogP contribution < -0.4 is 4.74 Å². The van der Waals surface area contributed by atoms with Crippen molar-refractivity contribution in [3.8, 4) is 39.4 Å². The maximum absolute atomic E-state index is 15.2. The van der Waals surface area contributed by atoms with Crippen molar-refractivity contribution in [1.82, 2.24) is 9.97 Å². The largest absolute Gasteiger partial charge is 0.432 e. The molecule has 238 valence electrons. The molecular formula is C34H23ClF8N2O. The lowest BCUT2D eigenvalue weighted by Crippen LogP contribution is -2.25. The van der Waals surface area contributed by atoms with Gasteiger partial charge in [0.25, 0.3) is 0 Å². The molecule has 0 aliphatic carbocycles. The van der Waals surface area contributed by atoms with Gasteiger partial charge in [-0.25, -0.2) is 36.3 Å². The highest BCUT2D eigenvalue weighted by molar-refractivity contribution is 6.30. The Kier molecular flexibility index (Phi) is 9.62. The third-order valence-corrected chi connectivity index (χ3v) is 7.49. The van der Waals surface area contributed by atoms with Gasteiger partial charge < -0.3 is 4.74 Å². The Morgan fingerprint density at radius 3 is 1.74 bits per heavy atom. The van der Waals surface area contributed by atoms with E-state index in [-0.39, 0.29) is 16.7 Å². The Balaban J connectivity index is 1.37. The first-order chi connectivity index (χ1) is 21.9. The lowest BCUT2D eigenvalue weighted by Gasteiger charge is -2.20. The molecule has 5 aromatic rings. The fourth-order valence-corrected chi connectivity index (χ4v) is 4.92. The zero-order valence-corrected chi connectivity index (χ0v) is 24.7. The highest BCUT2D eigenvalue weighted by atomic mass is 35.5. The van der Waals surface area contributed by atoms with Crippen LogP contribution in [0, 0.1) is 34.9 Å². The summed E-state index contributed by atoms with van der Waals surface area (Å²) in [6, 6.07) is 9.03. The first-order valence-electron chi connectivity index (χ1n) is 14.0. The van der Waals surface area contributed by atoms with Crippen molar-refractivity contribution in [2.75, 3.05) is 0 Å². The Morgan fingerprint density at radius 2 is 1.17 bits per heavy atom. The molecule has 1 heterocycles. The van der Waals surface area contributed by atoms with Crippen LogP contribution in [0.5, 0.6) is 5.75 Å². The minimum Gasteiger partial charge on any atom is -0.429 e. The molecule has 0 atom stereocenters. The molecule has 0 N–H and O–H groups in total. The molecule has 0 spiro atoms. The zero-order valence-electron chi connectivity index (χ0n) is 24.0. The zero-order chi connectivity index (χ0) is 33.2. The molecule has 4 aromatic carbocycles. The second-order valence-electron chi connectivity index (χ2n) is 10.4. The quantitative estimate of drug-likeness (QED) is 0.0848. The molecule has 46 heavy (non-hydrogen) atoms. The van der Waals surface area contributed by atoms with E-state index in [0.717, 1.165) is 43.4 Å². The van der Waals surface area contributed by atoms with Crippen molar-refractivity contribution in [2.24, 2.45) is 0 Å². The van der Waals surface area contributed by atoms with Gasteiger partial charge in [0.05, 0.1) is 0 Å². The first kappa shape index (κ1) is 32.9. The molecule has 0 radical (unpaired) electrons. The smallest absolute Gasteiger partial charge is 0.429 e. The summed E-state index contributed by atoms with van der Waals surface area (Å²) in [5.41, 5.74) is -1.22. The summed E-state index contributed by atoms with van der Waals surface area (Å²) in [6.45, 7) is 2.10. The topological polar surface area (TPSA) is 35.0 Å². The lowest BCUT2D eigenvalue weighted by molar-refractivity contribution is -0.189. The van der Waals surface area contributed by atoms with E-state index in [2.05, 4.69) is 21.6 Å². The number of hydrogen-bond acceptors (Lipinski definition) is 3. The molecular weight excluding hydrogens is 640 g/mol. The van der Waals surface area contributed by atoms with Crippen LogP contribution in [-0.2, 0) is 12.5 Å². The summed E-state index contributed by atoms with van der Waals surface area (Å²) in [7, 11) is 0. The van der Waals surface area contributed by atoms with Crippen molar-refractivity contribution in [2.45, 2.75) is 38.7 Å². The van der Waals surface area contributed by atoms with Gasteiger partial charge >= 0.3 is 6.11 Å². The van der Waals surface area contributed by atoms with Crippen molar-refractivity contribution in [3.63, 3.8) is 0 Å². The summed E-state index contributed by atoms with van der Waals surface area (Å²) in [6.07, 6.45) is 2.66. The van der Waals surface area contributed by atoms with E-state index in [4.69, 9.17) is 11.6 Å². The second kappa shape index (κ2) is 13.5. The van der Waals surface area contributed by atoms with Gasteiger partial charge in [-0.3, -0.25) is 0 Å². The molecule has 1 aromatic heterocycles. The summed E-state index contributed by atoms with van der Waals surface area (Å²) in [5.74, 6) is -9.02. The number of benzene rings is 4. The highest BCUT2D eigenvalue weighted by Gasteiger charge is 2.41. The number of ether oxygens (including phenoxy) is 1. The van der Waals surface area contributed by atoms with Crippen molar-refractivity contribution in [1.29, 1.82) is 0 Å². The van der Waals surface area contributed by atoms with Gasteiger partial charge in [-0.2, -0.15) is 8.78 Å². The predicted molar refractivity (Wildman–Crippen MR) is 157 cm³/mol. The summed E-state index contributed by atoms with van der Waals surface area (Å²) >= 11 is 5.31. The molecule has 0 unspecified atom stereocenters. The monoisotopic (exact) mass is 662 g/mol. The van der Waals surface area contributed by atoms with Gasteiger partial charge in [-0.05, 0) is 53.8 Å². The molecule has 5 rings (SSSR count). The number of hydrogen-bond donors (Lipinski definition) is 0. The third kappa shape index (κ3) is 6.99. The molecule has 0 amide bonds. The molecule has 0 aliphatic heterocycles. The van der Waals surface area contributed by atoms with Crippen LogP contribution >= 0.6 is 11.6 Å². The molecule has 12 heteroatoms. The van der Waals surface area contributed by atoms with Crippen LogP contribution in [0.4, 0.5) is 35.1 Å². The van der Waals surface area contributed by atoms with E-state index < -0.39 is 62.9 Å². The van der Waals surface area contributed by atoms with E-state index in [1.54, 1.807) is 18.5 Å². The Labute approximate surface area is 263 Å².